The van der Waals surface area contributed by atoms with Gasteiger partial charge >= 0.3 is 18.0 Å². The molecule has 5 rings (SSSR count). The average Bonchev–Trinajstić information content (AvgIpc) is 3.60. The first-order valence-electron chi connectivity index (χ1n) is 16.9. The van der Waals surface area contributed by atoms with Crippen molar-refractivity contribution in [2.75, 3.05) is 27.9 Å². The van der Waals surface area contributed by atoms with E-state index < -0.39 is 59.2 Å². The summed E-state index contributed by atoms with van der Waals surface area (Å²) in [4.78, 5) is 72.8. The molecule has 2 fully saturated rings. The summed E-state index contributed by atoms with van der Waals surface area (Å²) in [6, 6.07) is 4.54. The number of benzene rings is 1. The molecule has 3 aliphatic rings. The van der Waals surface area contributed by atoms with Gasteiger partial charge in [0.05, 0.1) is 33.4 Å². The van der Waals surface area contributed by atoms with Gasteiger partial charge in [-0.15, -0.1) is 0 Å². The maximum absolute atomic E-state index is 14.4. The molecular formula is C36H46N4O10. The monoisotopic (exact) mass is 694 g/mol. The average molecular weight is 695 g/mol. The number of aromatic nitrogens is 1. The number of carbonyl (C=O) groups is 5. The molecule has 2 N–H and O–H groups in total. The van der Waals surface area contributed by atoms with E-state index >= 15 is 0 Å². The molecule has 0 spiro atoms. The molecule has 0 radical (unpaired) electrons. The topological polar surface area (TPSA) is 172 Å². The van der Waals surface area contributed by atoms with Gasteiger partial charge < -0.3 is 39.2 Å². The minimum atomic E-state index is -1.25. The Morgan fingerprint density at radius 1 is 1.04 bits per heavy atom. The number of hydrogen-bond acceptors (Lipinski definition) is 11. The predicted octanol–water partition coefficient (Wildman–Crippen LogP) is 3.84. The highest BCUT2D eigenvalue weighted by Gasteiger charge is 2.62. The maximum Gasteiger partial charge on any atom is 0.408 e. The molecular weight excluding hydrogens is 648 g/mol. The first-order valence-corrected chi connectivity index (χ1v) is 16.9. The number of carbonyl (C=O) groups excluding carboxylic acids is 5. The van der Waals surface area contributed by atoms with E-state index in [0.29, 0.717) is 41.7 Å². The number of ether oxygens (including phenoxy) is 5. The lowest BCUT2D eigenvalue weighted by atomic mass is 10.0. The van der Waals surface area contributed by atoms with E-state index in [0.717, 1.165) is 19.3 Å². The molecule has 2 aliphatic heterocycles. The van der Waals surface area contributed by atoms with Crippen LogP contribution in [0.5, 0.6) is 11.5 Å². The summed E-state index contributed by atoms with van der Waals surface area (Å²) in [6.07, 6.45) is 6.28. The quantitative estimate of drug-likeness (QED) is 0.256. The molecule has 14 heteroatoms. The number of pyridine rings is 1. The highest BCUT2D eigenvalue weighted by Crippen LogP contribution is 2.46. The minimum absolute atomic E-state index is 0.000565. The SMILES string of the molecule is COC(=O)c1cc(O[C@@H]2C[C@H]3C(=O)N[C@]4(C(=O)OC)C[C@H]4/C=C\CCCCC[C@H](NC(=O)OC(C)(C)C)C(=O)N3C2)c2ccc(OC)cc2n1. The van der Waals surface area contributed by atoms with Crippen LogP contribution in [0.3, 0.4) is 0 Å². The molecule has 1 saturated carbocycles. The number of fused-ring (bicyclic) bond motifs is 3. The molecule has 2 aromatic rings. The van der Waals surface area contributed by atoms with Crippen LogP contribution in [0.15, 0.2) is 36.4 Å². The van der Waals surface area contributed by atoms with Gasteiger partial charge in [0.25, 0.3) is 0 Å². The third kappa shape index (κ3) is 8.11. The van der Waals surface area contributed by atoms with Crippen LogP contribution in [0.2, 0.25) is 0 Å². The van der Waals surface area contributed by atoms with Crippen LogP contribution >= 0.6 is 0 Å². The zero-order chi connectivity index (χ0) is 36.2. The molecule has 1 aromatic carbocycles. The molecule has 1 saturated heterocycles. The standard InChI is InChI=1S/C36H46N4O10/c1-35(2,3)50-34(45)38-25-13-11-9-7-8-10-12-21-19-36(21,33(44)48-6)39-30(41)28-17-23(20-40(28)31(25)42)49-29-18-27(32(43)47-5)37-26-16-22(46-4)14-15-24(26)29/h10,12,14-16,18,21,23,25,28H,7-9,11,13,17,19-20H2,1-6H3,(H,38,45)(H,39,41)/b12-10-/t21-,23-,25+,28+,36-/m1/s1. The molecule has 3 heterocycles. The number of nitrogens with one attached hydrogen (secondary N) is 2. The van der Waals surface area contributed by atoms with Crippen molar-refractivity contribution in [2.45, 2.75) is 95.0 Å². The van der Waals surface area contributed by atoms with Gasteiger partial charge in [-0.1, -0.05) is 25.0 Å². The lowest BCUT2D eigenvalue weighted by molar-refractivity contribution is -0.148. The fraction of sp³-hybridized carbons (Fsp3) is 0.556. The van der Waals surface area contributed by atoms with Crippen LogP contribution in [-0.2, 0) is 28.6 Å². The normalized spacial score (nSPS) is 26.2. The fourth-order valence-corrected chi connectivity index (χ4v) is 6.55. The second-order valence-corrected chi connectivity index (χ2v) is 13.9. The van der Waals surface area contributed by atoms with E-state index in [-0.39, 0.29) is 24.6 Å². The molecule has 1 aliphatic carbocycles. The Labute approximate surface area is 291 Å². The molecule has 14 nitrogen and oxygen atoms in total. The van der Waals surface area contributed by atoms with Crippen LogP contribution in [0.25, 0.3) is 10.9 Å². The van der Waals surface area contributed by atoms with E-state index in [1.807, 2.05) is 12.2 Å². The van der Waals surface area contributed by atoms with E-state index in [4.69, 9.17) is 23.7 Å². The van der Waals surface area contributed by atoms with Crippen molar-refractivity contribution < 1.29 is 47.7 Å². The van der Waals surface area contributed by atoms with E-state index in [2.05, 4.69) is 15.6 Å². The summed E-state index contributed by atoms with van der Waals surface area (Å²) in [5.74, 6) is -1.70. The summed E-state index contributed by atoms with van der Waals surface area (Å²) in [6.45, 7) is 5.17. The Bertz CT molecular complexity index is 1670. The number of amides is 3. The van der Waals surface area contributed by atoms with Gasteiger partial charge in [0.1, 0.15) is 40.8 Å². The van der Waals surface area contributed by atoms with Gasteiger partial charge in [-0.3, -0.25) is 9.59 Å². The summed E-state index contributed by atoms with van der Waals surface area (Å²) < 4.78 is 27.3. The first kappa shape index (κ1) is 36.4. The van der Waals surface area contributed by atoms with Crippen molar-refractivity contribution >= 4 is 40.7 Å². The smallest absolute Gasteiger partial charge is 0.408 e. The zero-order valence-electron chi connectivity index (χ0n) is 29.4. The van der Waals surface area contributed by atoms with Gasteiger partial charge in [0.15, 0.2) is 5.69 Å². The number of alkyl carbamates (subject to hydrolysis) is 1. The van der Waals surface area contributed by atoms with E-state index in [1.165, 1.54) is 32.3 Å². The molecule has 1 aromatic heterocycles. The lowest BCUT2D eigenvalue weighted by Gasteiger charge is -2.30. The lowest BCUT2D eigenvalue weighted by Crippen LogP contribution is -2.56. The highest BCUT2D eigenvalue weighted by molar-refractivity contribution is 5.97. The number of hydrogen-bond donors (Lipinski definition) is 2. The van der Waals surface area contributed by atoms with Crippen LogP contribution in [0.1, 0.15) is 76.2 Å². The van der Waals surface area contributed by atoms with Crippen molar-refractivity contribution in [3.63, 3.8) is 0 Å². The third-order valence-electron chi connectivity index (χ3n) is 9.15. The highest BCUT2D eigenvalue weighted by atomic mass is 16.6. The number of nitrogens with zero attached hydrogens (tertiary/aromatic N) is 2. The largest absolute Gasteiger partial charge is 0.497 e. The van der Waals surface area contributed by atoms with Gasteiger partial charge in [0.2, 0.25) is 11.8 Å². The Kier molecular flexibility index (Phi) is 10.9. The number of rotatable bonds is 6. The second kappa shape index (κ2) is 14.9. The minimum Gasteiger partial charge on any atom is -0.497 e. The fourth-order valence-electron chi connectivity index (χ4n) is 6.55. The van der Waals surface area contributed by atoms with Crippen LogP contribution < -0.4 is 20.1 Å². The maximum atomic E-state index is 14.4. The van der Waals surface area contributed by atoms with Crippen molar-refractivity contribution in [1.29, 1.82) is 0 Å². The summed E-state index contributed by atoms with van der Waals surface area (Å²) >= 11 is 0. The van der Waals surface area contributed by atoms with Crippen molar-refractivity contribution in [3.05, 3.63) is 42.1 Å². The summed E-state index contributed by atoms with van der Waals surface area (Å²) in [7, 11) is 4.03. The van der Waals surface area contributed by atoms with Crippen molar-refractivity contribution in [1.82, 2.24) is 20.5 Å². The van der Waals surface area contributed by atoms with Gasteiger partial charge in [0, 0.05) is 29.9 Å². The van der Waals surface area contributed by atoms with Gasteiger partial charge in [-0.05, 0) is 58.6 Å². The molecule has 5 atom stereocenters. The number of esters is 2. The number of methoxy groups -OCH3 is 3. The molecule has 0 unspecified atom stereocenters. The van der Waals surface area contributed by atoms with Crippen molar-refractivity contribution in [3.8, 4) is 11.5 Å². The van der Waals surface area contributed by atoms with Crippen LogP contribution in [0.4, 0.5) is 4.79 Å². The molecule has 270 valence electrons. The van der Waals surface area contributed by atoms with E-state index in [1.54, 1.807) is 39.0 Å². The Morgan fingerprint density at radius 3 is 2.52 bits per heavy atom. The predicted molar refractivity (Wildman–Crippen MR) is 181 cm³/mol. The van der Waals surface area contributed by atoms with E-state index in [9.17, 15) is 24.0 Å². The Balaban J connectivity index is 1.50. The third-order valence-corrected chi connectivity index (χ3v) is 9.15. The van der Waals surface area contributed by atoms with Crippen LogP contribution in [0, 0.1) is 5.92 Å². The van der Waals surface area contributed by atoms with Gasteiger partial charge in [-0.25, -0.2) is 19.4 Å². The number of allylic oxidation sites excluding steroid dienone is 1. The summed E-state index contributed by atoms with van der Waals surface area (Å²) in [5, 5.41) is 6.22. The summed E-state index contributed by atoms with van der Waals surface area (Å²) in [5.41, 5.74) is -1.63. The van der Waals surface area contributed by atoms with Crippen molar-refractivity contribution in [2.24, 2.45) is 5.92 Å². The zero-order valence-corrected chi connectivity index (χ0v) is 29.4. The molecule has 50 heavy (non-hydrogen) atoms. The Hall–Kier alpha value is -4.88. The second-order valence-electron chi connectivity index (χ2n) is 13.9. The van der Waals surface area contributed by atoms with Crippen LogP contribution in [-0.4, -0.2) is 96.9 Å². The first-order chi connectivity index (χ1) is 23.8. The molecule has 0 bridgehead atoms. The molecule has 3 amide bonds. The Morgan fingerprint density at radius 2 is 1.82 bits per heavy atom. The van der Waals surface area contributed by atoms with Gasteiger partial charge in [-0.2, -0.15) is 0 Å².